The van der Waals surface area contributed by atoms with Crippen LogP contribution in [0.2, 0.25) is 0 Å². The van der Waals surface area contributed by atoms with Crippen molar-refractivity contribution in [2.24, 2.45) is 0 Å². The molecule has 0 fully saturated rings. The molecular weight excluding hydrogens is 338 g/mol. The van der Waals surface area contributed by atoms with Crippen molar-refractivity contribution in [3.8, 4) is 0 Å². The Morgan fingerprint density at radius 1 is 1.24 bits per heavy atom. The lowest BCUT2D eigenvalue weighted by atomic mass is 10.1. The second kappa shape index (κ2) is 7.78. The predicted molar refractivity (Wildman–Crippen MR) is 98.0 cm³/mol. The predicted octanol–water partition coefficient (Wildman–Crippen LogP) is 3.74. The number of aryl methyl sites for hydroxylation is 3. The Hall–Kier alpha value is -2.21. The van der Waals surface area contributed by atoms with Crippen LogP contribution in [0.3, 0.4) is 0 Å². The summed E-state index contributed by atoms with van der Waals surface area (Å²) in [7, 11) is 1.34. The topological polar surface area (TPSA) is 68.5 Å². The molecule has 6 heteroatoms. The maximum Gasteiger partial charge on any atom is 0.341 e. The van der Waals surface area contributed by atoms with E-state index in [4.69, 9.17) is 9.15 Å². The van der Waals surface area contributed by atoms with Gasteiger partial charge in [-0.15, -0.1) is 11.8 Å². The molecule has 25 heavy (non-hydrogen) atoms. The van der Waals surface area contributed by atoms with Crippen molar-refractivity contribution in [3.63, 3.8) is 0 Å². The third-order valence-electron chi connectivity index (χ3n) is 4.23. The molecule has 5 nitrogen and oxygen atoms in total. The van der Waals surface area contributed by atoms with E-state index < -0.39 is 5.97 Å². The standard InChI is InChI=1S/C19H21NO4S/c1-12-17(19(22)23-2)9-16(24-12)10-25-11-18(21)20-15-7-6-13-4-3-5-14(13)8-15/h6-9H,3-5,10-11H2,1-2H3,(H,20,21). The third-order valence-corrected chi connectivity index (χ3v) is 5.19. The molecule has 0 atom stereocenters. The SMILES string of the molecule is COC(=O)c1cc(CSCC(=O)Nc2ccc3c(c2)CCC3)oc1C. The maximum absolute atomic E-state index is 12.1. The van der Waals surface area contributed by atoms with E-state index in [2.05, 4.69) is 17.4 Å². The van der Waals surface area contributed by atoms with Gasteiger partial charge in [-0.1, -0.05) is 6.07 Å². The number of ether oxygens (including phenoxy) is 1. The van der Waals surface area contributed by atoms with Crippen molar-refractivity contribution in [3.05, 3.63) is 52.5 Å². The Balaban J connectivity index is 1.49. The molecule has 1 amide bonds. The fourth-order valence-electron chi connectivity index (χ4n) is 3.02. The highest BCUT2D eigenvalue weighted by atomic mass is 32.2. The Bertz CT molecular complexity index is 797. The smallest absolute Gasteiger partial charge is 0.341 e. The van der Waals surface area contributed by atoms with Gasteiger partial charge in [0, 0.05) is 5.69 Å². The lowest BCUT2D eigenvalue weighted by Gasteiger charge is -2.07. The summed E-state index contributed by atoms with van der Waals surface area (Å²) in [4.78, 5) is 23.7. The zero-order valence-corrected chi connectivity index (χ0v) is 15.2. The van der Waals surface area contributed by atoms with Crippen molar-refractivity contribution in [2.75, 3.05) is 18.2 Å². The van der Waals surface area contributed by atoms with Crippen LogP contribution in [0.15, 0.2) is 28.7 Å². The van der Waals surface area contributed by atoms with Gasteiger partial charge in [0.1, 0.15) is 17.1 Å². The number of carbonyl (C=O) groups excluding carboxylic acids is 2. The monoisotopic (exact) mass is 359 g/mol. The first-order chi connectivity index (χ1) is 12.1. The zero-order valence-electron chi connectivity index (χ0n) is 14.4. The molecule has 1 aromatic heterocycles. The second-order valence-corrected chi connectivity index (χ2v) is 7.04. The quantitative estimate of drug-likeness (QED) is 0.796. The minimum absolute atomic E-state index is 0.0422. The number of benzene rings is 1. The average Bonchev–Trinajstić information content (AvgIpc) is 3.20. The minimum Gasteiger partial charge on any atom is -0.465 e. The van der Waals surface area contributed by atoms with Gasteiger partial charge in [0.15, 0.2) is 0 Å². The maximum atomic E-state index is 12.1. The van der Waals surface area contributed by atoms with E-state index in [9.17, 15) is 9.59 Å². The van der Waals surface area contributed by atoms with Gasteiger partial charge in [-0.25, -0.2) is 4.79 Å². The molecule has 0 saturated heterocycles. The summed E-state index contributed by atoms with van der Waals surface area (Å²) in [5, 5.41) is 2.94. The number of hydrogen-bond donors (Lipinski definition) is 1. The molecule has 1 N–H and O–H groups in total. The van der Waals surface area contributed by atoms with Crippen LogP contribution in [-0.2, 0) is 28.1 Å². The fourth-order valence-corrected chi connectivity index (χ4v) is 3.72. The summed E-state index contributed by atoms with van der Waals surface area (Å²) < 4.78 is 10.2. The van der Waals surface area contributed by atoms with Gasteiger partial charge in [-0.3, -0.25) is 4.79 Å². The number of rotatable bonds is 6. The summed E-state index contributed by atoms with van der Waals surface area (Å²) in [6, 6.07) is 7.81. The molecule has 132 valence electrons. The lowest BCUT2D eigenvalue weighted by Crippen LogP contribution is -2.14. The van der Waals surface area contributed by atoms with Crippen LogP contribution in [0.1, 0.15) is 39.4 Å². The number of carbonyl (C=O) groups is 2. The lowest BCUT2D eigenvalue weighted by molar-refractivity contribution is -0.113. The molecule has 0 bridgehead atoms. The van der Waals surface area contributed by atoms with Crippen molar-refractivity contribution in [2.45, 2.75) is 31.9 Å². The van der Waals surface area contributed by atoms with Crippen LogP contribution in [0.4, 0.5) is 5.69 Å². The van der Waals surface area contributed by atoms with Crippen molar-refractivity contribution >= 4 is 29.3 Å². The first kappa shape index (κ1) is 17.6. The molecule has 2 aromatic rings. The number of thioether (sulfide) groups is 1. The van der Waals surface area contributed by atoms with Gasteiger partial charge in [-0.05, 0) is 55.5 Å². The molecule has 0 saturated carbocycles. The van der Waals surface area contributed by atoms with Gasteiger partial charge in [0.05, 0.1) is 18.6 Å². The number of esters is 1. The highest BCUT2D eigenvalue weighted by Gasteiger charge is 2.16. The van der Waals surface area contributed by atoms with E-state index in [1.165, 1.54) is 36.4 Å². The molecular formula is C19H21NO4S. The van der Waals surface area contributed by atoms with E-state index in [1.54, 1.807) is 13.0 Å². The van der Waals surface area contributed by atoms with Gasteiger partial charge in [0.25, 0.3) is 0 Å². The summed E-state index contributed by atoms with van der Waals surface area (Å²) in [5.74, 6) is 1.59. The van der Waals surface area contributed by atoms with Crippen LogP contribution in [0.5, 0.6) is 0 Å². The highest BCUT2D eigenvalue weighted by molar-refractivity contribution is 7.99. The van der Waals surface area contributed by atoms with E-state index >= 15 is 0 Å². The summed E-state index contributed by atoms with van der Waals surface area (Å²) in [5.41, 5.74) is 4.02. The summed E-state index contributed by atoms with van der Waals surface area (Å²) in [6.07, 6.45) is 3.42. The highest BCUT2D eigenvalue weighted by Crippen LogP contribution is 2.25. The Labute approximate surface area is 151 Å². The fraction of sp³-hybridized carbons (Fsp3) is 0.368. The third kappa shape index (κ3) is 4.25. The van der Waals surface area contributed by atoms with Gasteiger partial charge in [0.2, 0.25) is 5.91 Å². The molecule has 0 radical (unpaired) electrons. The summed E-state index contributed by atoms with van der Waals surface area (Å²) >= 11 is 1.44. The molecule has 1 aliphatic rings. The van der Waals surface area contributed by atoms with E-state index in [-0.39, 0.29) is 5.91 Å². The number of amides is 1. The van der Waals surface area contributed by atoms with E-state index in [0.29, 0.717) is 28.6 Å². The van der Waals surface area contributed by atoms with Gasteiger partial charge >= 0.3 is 5.97 Å². The minimum atomic E-state index is -0.410. The van der Waals surface area contributed by atoms with Crippen LogP contribution < -0.4 is 5.32 Å². The van der Waals surface area contributed by atoms with Gasteiger partial charge in [-0.2, -0.15) is 0 Å². The van der Waals surface area contributed by atoms with Crippen molar-refractivity contribution in [1.82, 2.24) is 0 Å². The largest absolute Gasteiger partial charge is 0.465 e. The second-order valence-electron chi connectivity index (χ2n) is 6.05. The van der Waals surface area contributed by atoms with E-state index in [0.717, 1.165) is 18.5 Å². The Morgan fingerprint density at radius 2 is 2.04 bits per heavy atom. The zero-order chi connectivity index (χ0) is 17.8. The molecule has 0 unspecified atom stereocenters. The number of furan rings is 1. The average molecular weight is 359 g/mol. The number of anilines is 1. The van der Waals surface area contributed by atoms with Crippen LogP contribution >= 0.6 is 11.8 Å². The number of hydrogen-bond acceptors (Lipinski definition) is 5. The first-order valence-corrected chi connectivity index (χ1v) is 9.39. The summed E-state index contributed by atoms with van der Waals surface area (Å²) in [6.45, 7) is 1.72. The molecule has 0 aliphatic heterocycles. The van der Waals surface area contributed by atoms with Crippen LogP contribution in [0, 0.1) is 6.92 Å². The van der Waals surface area contributed by atoms with E-state index in [1.807, 2.05) is 6.07 Å². The number of methoxy groups -OCH3 is 1. The molecule has 1 heterocycles. The van der Waals surface area contributed by atoms with Crippen molar-refractivity contribution < 1.29 is 18.7 Å². The number of nitrogens with one attached hydrogen (secondary N) is 1. The van der Waals surface area contributed by atoms with Crippen LogP contribution in [0.25, 0.3) is 0 Å². The number of fused-ring (bicyclic) bond motifs is 1. The molecule has 1 aromatic carbocycles. The van der Waals surface area contributed by atoms with Crippen molar-refractivity contribution in [1.29, 1.82) is 0 Å². The Morgan fingerprint density at radius 3 is 2.84 bits per heavy atom. The van der Waals surface area contributed by atoms with Gasteiger partial charge < -0.3 is 14.5 Å². The van der Waals surface area contributed by atoms with Crippen LogP contribution in [-0.4, -0.2) is 24.7 Å². The molecule has 3 rings (SSSR count). The molecule has 1 aliphatic carbocycles. The normalized spacial score (nSPS) is 12.7. The Kier molecular flexibility index (Phi) is 5.48. The first-order valence-electron chi connectivity index (χ1n) is 8.24. The molecule has 0 spiro atoms.